The Bertz CT molecular complexity index is 1730. The van der Waals surface area contributed by atoms with E-state index >= 15 is 0 Å². The number of allylic oxidation sites excluding steroid dienone is 2. The van der Waals surface area contributed by atoms with Crippen molar-refractivity contribution in [3.8, 4) is 22.4 Å². The number of nitrogens with one attached hydrogen (secondary N) is 1. The van der Waals surface area contributed by atoms with Gasteiger partial charge in [0.2, 0.25) is 5.95 Å². The molecule has 0 unspecified atom stereocenters. The lowest BCUT2D eigenvalue weighted by Gasteiger charge is -2.13. The van der Waals surface area contributed by atoms with Gasteiger partial charge in [0.15, 0.2) is 5.65 Å². The van der Waals surface area contributed by atoms with Gasteiger partial charge in [-0.1, -0.05) is 0 Å². The first-order chi connectivity index (χ1) is 17.3. The number of nitrogens with zero attached hydrogens (tertiary/aromatic N) is 6. The van der Waals surface area contributed by atoms with Crippen LogP contribution >= 0.6 is 0 Å². The molecule has 3 heterocycles. The van der Waals surface area contributed by atoms with E-state index in [4.69, 9.17) is 10.5 Å². The first-order valence-corrected chi connectivity index (χ1v) is 11.0. The molecule has 0 aliphatic heterocycles. The number of aromatic amines is 1. The first-order valence-electron chi connectivity index (χ1n) is 11.0. The Balaban J connectivity index is 1.85. The number of hydrogen-bond donors (Lipinski definition) is 2. The third-order valence-corrected chi connectivity index (χ3v) is 6.11. The summed E-state index contributed by atoms with van der Waals surface area (Å²) in [6.45, 7) is 7.27. The lowest BCUT2D eigenvalue weighted by molar-refractivity contribution is 0.285. The fourth-order valence-corrected chi connectivity index (χ4v) is 4.20. The molecule has 182 valence electrons. The minimum absolute atomic E-state index is 0.0221. The van der Waals surface area contributed by atoms with Crippen molar-refractivity contribution in [1.82, 2.24) is 29.4 Å². The summed E-state index contributed by atoms with van der Waals surface area (Å²) in [5.41, 5.74) is 10.8. The van der Waals surface area contributed by atoms with Gasteiger partial charge >= 0.3 is 5.69 Å². The molecule has 10 nitrogen and oxygen atoms in total. The van der Waals surface area contributed by atoms with E-state index in [1.54, 1.807) is 25.3 Å². The number of anilines is 1. The second-order valence-electron chi connectivity index (χ2n) is 8.29. The Kier molecular flexibility index (Phi) is 5.59. The molecule has 0 aliphatic rings. The Hall–Kier alpha value is -4.80. The average Bonchev–Trinajstić information content (AvgIpc) is 3.47. The number of nitrogen functional groups attached to an aromatic ring is 1. The van der Waals surface area contributed by atoms with E-state index in [0.717, 1.165) is 22.0 Å². The second kappa shape index (κ2) is 8.77. The third-order valence-electron chi connectivity index (χ3n) is 6.11. The SMILES string of the molecule is C=N/C(Cn1nc2c(-c3cc(C)c4[nH]ncc4c3)c(-c3ccc(F)cc3)nc(N)n2c1=O)=C(/C)OC. The summed E-state index contributed by atoms with van der Waals surface area (Å²) in [7, 11) is 1.51. The van der Waals surface area contributed by atoms with E-state index in [2.05, 4.69) is 32.0 Å². The number of halogens is 1. The molecule has 0 saturated heterocycles. The van der Waals surface area contributed by atoms with Gasteiger partial charge in [-0.05, 0) is 68.1 Å². The highest BCUT2D eigenvalue weighted by molar-refractivity contribution is 5.95. The number of methoxy groups -OCH3 is 1. The Morgan fingerprint density at radius 3 is 2.69 bits per heavy atom. The Morgan fingerprint density at radius 2 is 2.00 bits per heavy atom. The van der Waals surface area contributed by atoms with Crippen LogP contribution < -0.4 is 11.4 Å². The molecule has 0 spiro atoms. The number of fused-ring (bicyclic) bond motifs is 2. The number of ether oxygens (including phenoxy) is 1. The number of benzene rings is 2. The normalized spacial score (nSPS) is 12.2. The molecule has 2 aromatic carbocycles. The van der Waals surface area contributed by atoms with Gasteiger partial charge in [-0.2, -0.15) is 5.10 Å². The molecule has 11 heteroatoms. The maximum absolute atomic E-state index is 13.7. The van der Waals surface area contributed by atoms with Crippen LogP contribution in [0.25, 0.3) is 38.9 Å². The summed E-state index contributed by atoms with van der Waals surface area (Å²) < 4.78 is 21.5. The van der Waals surface area contributed by atoms with Crippen LogP contribution in [0.1, 0.15) is 12.5 Å². The van der Waals surface area contributed by atoms with Gasteiger partial charge in [0.05, 0.1) is 42.3 Å². The molecule has 3 N–H and O–H groups in total. The molecule has 0 aliphatic carbocycles. The molecule has 0 fully saturated rings. The molecule has 3 aromatic heterocycles. The van der Waals surface area contributed by atoms with E-state index < -0.39 is 5.69 Å². The molecule has 5 rings (SSSR count). The van der Waals surface area contributed by atoms with E-state index in [1.807, 2.05) is 19.1 Å². The van der Waals surface area contributed by atoms with E-state index in [1.165, 1.54) is 28.3 Å². The van der Waals surface area contributed by atoms with Gasteiger partial charge in [-0.3, -0.25) is 10.1 Å². The van der Waals surface area contributed by atoms with Crippen LogP contribution in [-0.2, 0) is 11.3 Å². The molecule has 0 atom stereocenters. The number of nitrogens with two attached hydrogens (primary N) is 1. The van der Waals surface area contributed by atoms with E-state index in [9.17, 15) is 9.18 Å². The number of H-pyrrole nitrogens is 1. The molecule has 0 radical (unpaired) electrons. The van der Waals surface area contributed by atoms with Crippen molar-refractivity contribution in [3.05, 3.63) is 75.9 Å². The highest BCUT2D eigenvalue weighted by Gasteiger charge is 2.23. The minimum Gasteiger partial charge on any atom is -0.499 e. The van der Waals surface area contributed by atoms with E-state index in [-0.39, 0.29) is 18.3 Å². The van der Waals surface area contributed by atoms with Crippen molar-refractivity contribution in [3.63, 3.8) is 0 Å². The van der Waals surface area contributed by atoms with Gasteiger partial charge in [0, 0.05) is 10.9 Å². The largest absolute Gasteiger partial charge is 0.499 e. The van der Waals surface area contributed by atoms with Crippen molar-refractivity contribution >= 4 is 29.2 Å². The van der Waals surface area contributed by atoms with Crippen LogP contribution in [0.3, 0.4) is 0 Å². The Labute approximate surface area is 204 Å². The highest BCUT2D eigenvalue weighted by atomic mass is 19.1. The number of rotatable bonds is 6. The fourth-order valence-electron chi connectivity index (χ4n) is 4.20. The molecule has 5 aromatic rings. The summed E-state index contributed by atoms with van der Waals surface area (Å²) in [5, 5.41) is 12.6. The van der Waals surface area contributed by atoms with Gasteiger partial charge in [0.1, 0.15) is 11.6 Å². The minimum atomic E-state index is -0.493. The Morgan fingerprint density at radius 1 is 1.25 bits per heavy atom. The van der Waals surface area contributed by atoms with Crippen LogP contribution in [0.2, 0.25) is 0 Å². The van der Waals surface area contributed by atoms with Crippen molar-refractivity contribution < 1.29 is 9.13 Å². The zero-order chi connectivity index (χ0) is 25.6. The van der Waals surface area contributed by atoms with Crippen LogP contribution in [-0.4, -0.2) is 43.2 Å². The predicted octanol–water partition coefficient (Wildman–Crippen LogP) is 3.71. The summed E-state index contributed by atoms with van der Waals surface area (Å²) >= 11 is 0. The van der Waals surface area contributed by atoms with Crippen LogP contribution in [0.4, 0.5) is 10.3 Å². The smallest absolute Gasteiger partial charge is 0.353 e. The number of aliphatic imine (C=N–C) groups is 1. The molecular formula is C25H23FN8O2. The predicted molar refractivity (Wildman–Crippen MR) is 136 cm³/mol. The summed E-state index contributed by atoms with van der Waals surface area (Å²) in [6, 6.07) is 9.80. The summed E-state index contributed by atoms with van der Waals surface area (Å²) in [4.78, 5) is 21.9. The maximum atomic E-state index is 13.7. The van der Waals surface area contributed by atoms with Gasteiger partial charge in [-0.15, -0.1) is 5.10 Å². The average molecular weight is 487 g/mol. The number of hydrogen-bond acceptors (Lipinski definition) is 7. The number of aryl methyl sites for hydroxylation is 1. The van der Waals surface area contributed by atoms with Crippen molar-refractivity contribution in [2.75, 3.05) is 12.8 Å². The zero-order valence-corrected chi connectivity index (χ0v) is 19.9. The lowest BCUT2D eigenvalue weighted by atomic mass is 9.97. The first kappa shape index (κ1) is 23.0. The lowest BCUT2D eigenvalue weighted by Crippen LogP contribution is -2.24. The number of aromatic nitrogens is 6. The van der Waals surface area contributed by atoms with Crippen LogP contribution in [0.5, 0.6) is 0 Å². The monoisotopic (exact) mass is 486 g/mol. The quantitative estimate of drug-likeness (QED) is 0.278. The van der Waals surface area contributed by atoms with Crippen molar-refractivity contribution in [2.45, 2.75) is 20.4 Å². The van der Waals surface area contributed by atoms with Gasteiger partial charge < -0.3 is 10.5 Å². The molecule has 0 bridgehead atoms. The highest BCUT2D eigenvalue weighted by Crippen LogP contribution is 2.36. The fraction of sp³-hybridized carbons (Fsp3) is 0.160. The topological polar surface area (TPSA) is 128 Å². The van der Waals surface area contributed by atoms with Crippen LogP contribution in [0.15, 0.2) is 63.8 Å². The van der Waals surface area contributed by atoms with Gasteiger partial charge in [-0.25, -0.2) is 23.3 Å². The molecule has 0 saturated carbocycles. The molecule has 0 amide bonds. The van der Waals surface area contributed by atoms with Gasteiger partial charge in [0.25, 0.3) is 0 Å². The van der Waals surface area contributed by atoms with Crippen molar-refractivity contribution in [1.29, 1.82) is 0 Å². The van der Waals surface area contributed by atoms with E-state index in [0.29, 0.717) is 33.9 Å². The standard InChI is InChI=1S/C25H23FN8O2/c1-13-9-16(10-17-11-29-31-21(13)17)20-22(15-5-7-18(26)8-6-15)30-24(27)34-23(20)32-33(25(34)35)12-19(28-3)14(2)36-4/h5-11H,3,12H2,1-2,4H3,(H2,27,30)(H,29,31)/b19-14-. The maximum Gasteiger partial charge on any atom is 0.353 e. The summed E-state index contributed by atoms with van der Waals surface area (Å²) in [5.74, 6) is 0.0783. The third kappa shape index (κ3) is 3.70. The molecular weight excluding hydrogens is 463 g/mol. The summed E-state index contributed by atoms with van der Waals surface area (Å²) in [6.07, 6.45) is 1.72. The molecule has 36 heavy (non-hydrogen) atoms. The van der Waals surface area contributed by atoms with Crippen molar-refractivity contribution in [2.24, 2.45) is 4.99 Å². The zero-order valence-electron chi connectivity index (χ0n) is 19.9. The second-order valence-corrected chi connectivity index (χ2v) is 8.29. The van der Waals surface area contributed by atoms with Crippen LogP contribution in [0, 0.1) is 12.7 Å².